The summed E-state index contributed by atoms with van der Waals surface area (Å²) in [5.41, 5.74) is 2.00. The van der Waals surface area contributed by atoms with Gasteiger partial charge in [0.2, 0.25) is 5.79 Å². The fraction of sp³-hybridized carbons (Fsp3) is 0.500. The van der Waals surface area contributed by atoms with E-state index in [0.717, 1.165) is 17.0 Å². The van der Waals surface area contributed by atoms with Crippen LogP contribution in [0.1, 0.15) is 25.1 Å². The minimum absolute atomic E-state index is 0.527. The summed E-state index contributed by atoms with van der Waals surface area (Å²) in [7, 11) is 0. The van der Waals surface area contributed by atoms with Crippen molar-refractivity contribution in [1.82, 2.24) is 4.98 Å². The van der Waals surface area contributed by atoms with Crippen molar-refractivity contribution < 1.29 is 9.47 Å². The first-order valence-electron chi connectivity index (χ1n) is 4.36. The van der Waals surface area contributed by atoms with E-state index in [1.54, 1.807) is 6.20 Å². The third kappa shape index (κ3) is 1.52. The van der Waals surface area contributed by atoms with Crippen LogP contribution < -0.4 is 4.74 Å². The van der Waals surface area contributed by atoms with Gasteiger partial charge in [-0.05, 0) is 13.0 Å². The number of ether oxygens (including phenoxy) is 2. The van der Waals surface area contributed by atoms with Crippen LogP contribution in [0.4, 0.5) is 0 Å². The van der Waals surface area contributed by atoms with Crippen LogP contribution in [0.25, 0.3) is 0 Å². The van der Waals surface area contributed by atoms with Crippen LogP contribution in [0.5, 0.6) is 5.75 Å². The molecule has 0 unspecified atom stereocenters. The van der Waals surface area contributed by atoms with E-state index in [4.69, 9.17) is 9.47 Å². The molecule has 1 aliphatic heterocycles. The van der Waals surface area contributed by atoms with E-state index in [1.165, 1.54) is 0 Å². The lowest BCUT2D eigenvalue weighted by Crippen LogP contribution is -2.35. The molecular formula is C10H13NO2. The second-order valence-electron chi connectivity index (χ2n) is 3.68. The monoisotopic (exact) mass is 179 g/mol. The van der Waals surface area contributed by atoms with Gasteiger partial charge in [-0.1, -0.05) is 0 Å². The standard InChI is InChI=1S/C10H13NO2/c1-7-9-8(4-5-11-7)6-12-10(2,3)13-9/h4-5H,6H2,1-3H3. The summed E-state index contributed by atoms with van der Waals surface area (Å²) in [5.74, 6) is 0.347. The number of aryl methyl sites for hydroxylation is 1. The Morgan fingerprint density at radius 3 is 3.00 bits per heavy atom. The minimum Gasteiger partial charge on any atom is -0.461 e. The molecule has 0 spiro atoms. The number of fused-ring (bicyclic) bond motifs is 1. The second kappa shape index (κ2) is 2.70. The Balaban J connectivity index is 2.44. The van der Waals surface area contributed by atoms with Crippen LogP contribution >= 0.6 is 0 Å². The molecule has 0 radical (unpaired) electrons. The molecule has 2 heterocycles. The summed E-state index contributed by atoms with van der Waals surface area (Å²) in [5, 5.41) is 0. The summed E-state index contributed by atoms with van der Waals surface area (Å²) >= 11 is 0. The van der Waals surface area contributed by atoms with Crippen LogP contribution in [-0.4, -0.2) is 10.8 Å². The number of pyridine rings is 1. The first-order valence-corrected chi connectivity index (χ1v) is 4.36. The van der Waals surface area contributed by atoms with Crippen molar-refractivity contribution in [1.29, 1.82) is 0 Å². The maximum atomic E-state index is 5.67. The van der Waals surface area contributed by atoms with Crippen LogP contribution in [0, 0.1) is 6.92 Å². The summed E-state index contributed by atoms with van der Waals surface area (Å²) in [4.78, 5) is 4.18. The maximum absolute atomic E-state index is 5.67. The molecule has 1 aromatic heterocycles. The molecule has 0 aromatic carbocycles. The maximum Gasteiger partial charge on any atom is 0.205 e. The molecule has 0 N–H and O–H groups in total. The van der Waals surface area contributed by atoms with Gasteiger partial charge in [0.1, 0.15) is 5.75 Å². The molecule has 1 aromatic rings. The number of hydrogen-bond donors (Lipinski definition) is 0. The lowest BCUT2D eigenvalue weighted by Gasteiger charge is -2.32. The van der Waals surface area contributed by atoms with Gasteiger partial charge in [0.15, 0.2) is 0 Å². The highest BCUT2D eigenvalue weighted by Gasteiger charge is 2.28. The SMILES string of the molecule is Cc1nccc2c1OC(C)(C)OC2. The van der Waals surface area contributed by atoms with Crippen LogP contribution in [0.15, 0.2) is 12.3 Å². The summed E-state index contributed by atoms with van der Waals surface area (Å²) in [6.07, 6.45) is 1.78. The summed E-state index contributed by atoms with van der Waals surface area (Å²) < 4.78 is 11.2. The molecule has 1 aliphatic rings. The third-order valence-corrected chi connectivity index (χ3v) is 2.09. The molecule has 3 nitrogen and oxygen atoms in total. The van der Waals surface area contributed by atoms with Crippen molar-refractivity contribution in [2.45, 2.75) is 33.2 Å². The van der Waals surface area contributed by atoms with Crippen molar-refractivity contribution in [3.8, 4) is 5.75 Å². The van der Waals surface area contributed by atoms with Crippen molar-refractivity contribution in [2.75, 3.05) is 0 Å². The number of aromatic nitrogens is 1. The van der Waals surface area contributed by atoms with Gasteiger partial charge >= 0.3 is 0 Å². The number of nitrogens with zero attached hydrogens (tertiary/aromatic N) is 1. The fourth-order valence-corrected chi connectivity index (χ4v) is 1.39. The number of hydrogen-bond acceptors (Lipinski definition) is 3. The van der Waals surface area contributed by atoms with Gasteiger partial charge < -0.3 is 9.47 Å². The van der Waals surface area contributed by atoms with E-state index in [-0.39, 0.29) is 0 Å². The Bertz CT molecular complexity index is 334. The Labute approximate surface area is 77.7 Å². The van der Waals surface area contributed by atoms with Crippen LogP contribution in [0.3, 0.4) is 0 Å². The molecule has 0 aliphatic carbocycles. The highest BCUT2D eigenvalue weighted by molar-refractivity contribution is 5.37. The second-order valence-corrected chi connectivity index (χ2v) is 3.68. The van der Waals surface area contributed by atoms with E-state index in [9.17, 15) is 0 Å². The average molecular weight is 179 g/mol. The molecule has 0 saturated carbocycles. The third-order valence-electron chi connectivity index (χ3n) is 2.09. The Morgan fingerprint density at radius 2 is 2.23 bits per heavy atom. The predicted octanol–water partition coefficient (Wildman–Crippen LogP) is 2.04. The Kier molecular flexibility index (Phi) is 1.77. The highest BCUT2D eigenvalue weighted by atomic mass is 16.7. The van der Waals surface area contributed by atoms with Gasteiger partial charge in [-0.3, -0.25) is 4.98 Å². The van der Waals surface area contributed by atoms with Crippen LogP contribution in [-0.2, 0) is 11.3 Å². The Morgan fingerprint density at radius 1 is 1.46 bits per heavy atom. The molecule has 0 bridgehead atoms. The lowest BCUT2D eigenvalue weighted by atomic mass is 10.2. The van der Waals surface area contributed by atoms with E-state index in [0.29, 0.717) is 6.61 Å². The van der Waals surface area contributed by atoms with Gasteiger partial charge in [0.25, 0.3) is 0 Å². The van der Waals surface area contributed by atoms with Crippen molar-refractivity contribution in [3.63, 3.8) is 0 Å². The highest BCUT2D eigenvalue weighted by Crippen LogP contribution is 2.32. The fourth-order valence-electron chi connectivity index (χ4n) is 1.39. The van der Waals surface area contributed by atoms with Gasteiger partial charge in [-0.15, -0.1) is 0 Å². The molecule has 0 fully saturated rings. The number of rotatable bonds is 0. The predicted molar refractivity (Wildman–Crippen MR) is 48.5 cm³/mol. The van der Waals surface area contributed by atoms with E-state index >= 15 is 0 Å². The zero-order valence-corrected chi connectivity index (χ0v) is 8.13. The van der Waals surface area contributed by atoms with Gasteiger partial charge in [-0.25, -0.2) is 0 Å². The summed E-state index contributed by atoms with van der Waals surface area (Å²) in [6, 6.07) is 1.93. The van der Waals surface area contributed by atoms with Crippen molar-refractivity contribution in [3.05, 3.63) is 23.5 Å². The quantitative estimate of drug-likeness (QED) is 0.610. The smallest absolute Gasteiger partial charge is 0.205 e. The normalized spacial score (nSPS) is 19.0. The Hall–Kier alpha value is -1.09. The van der Waals surface area contributed by atoms with Gasteiger partial charge in [0.05, 0.1) is 12.3 Å². The van der Waals surface area contributed by atoms with Crippen molar-refractivity contribution in [2.24, 2.45) is 0 Å². The van der Waals surface area contributed by atoms with Gasteiger partial charge in [0, 0.05) is 25.6 Å². The van der Waals surface area contributed by atoms with E-state index < -0.39 is 5.79 Å². The molecule has 0 amide bonds. The van der Waals surface area contributed by atoms with Crippen molar-refractivity contribution >= 4 is 0 Å². The molecule has 3 heteroatoms. The first-order chi connectivity index (χ1) is 6.08. The van der Waals surface area contributed by atoms with E-state index in [2.05, 4.69) is 4.98 Å². The molecule has 70 valence electrons. The molecule has 2 rings (SSSR count). The molecule has 13 heavy (non-hydrogen) atoms. The average Bonchev–Trinajstić information content (AvgIpc) is 2.06. The lowest BCUT2D eigenvalue weighted by molar-refractivity contribution is -0.180. The zero-order chi connectivity index (χ0) is 9.47. The van der Waals surface area contributed by atoms with E-state index in [1.807, 2.05) is 26.8 Å². The molecule has 0 atom stereocenters. The molecular weight excluding hydrogens is 166 g/mol. The van der Waals surface area contributed by atoms with Gasteiger partial charge in [-0.2, -0.15) is 0 Å². The minimum atomic E-state index is -0.527. The largest absolute Gasteiger partial charge is 0.461 e. The molecule has 0 saturated heterocycles. The van der Waals surface area contributed by atoms with Crippen LogP contribution in [0.2, 0.25) is 0 Å². The first kappa shape index (κ1) is 8.51. The summed E-state index contributed by atoms with van der Waals surface area (Å²) in [6.45, 7) is 6.36. The topological polar surface area (TPSA) is 31.4 Å². The zero-order valence-electron chi connectivity index (χ0n) is 8.13.